The van der Waals surface area contributed by atoms with Gasteiger partial charge in [0.2, 0.25) is 17.7 Å². The van der Waals surface area contributed by atoms with E-state index in [0.717, 1.165) is 0 Å². The molecular weight excluding hydrogens is 432 g/mol. The Balaban J connectivity index is 5.38. The summed E-state index contributed by atoms with van der Waals surface area (Å²) < 4.78 is 0. The largest absolute Gasteiger partial charge is 0.480 e. The van der Waals surface area contributed by atoms with Crippen molar-refractivity contribution in [3.05, 3.63) is 0 Å². The summed E-state index contributed by atoms with van der Waals surface area (Å²) in [6.45, 7) is 3.97. The van der Waals surface area contributed by atoms with Crippen molar-refractivity contribution in [1.29, 1.82) is 0 Å². The highest BCUT2D eigenvalue weighted by Crippen LogP contribution is 2.11. The summed E-state index contributed by atoms with van der Waals surface area (Å²) in [6, 6.07) is -3.05. The fourth-order valence-corrected chi connectivity index (χ4v) is 2.99. The summed E-state index contributed by atoms with van der Waals surface area (Å²) >= 11 is 0. The Kier molecular flexibility index (Phi) is 15.2. The SMILES string of the molecule is CCC(C)C(NC(=O)C(CCCN=C(N)N)NC(=O)CN)C(=O)NC(CCCCN)C(=O)O. The zero-order chi connectivity index (χ0) is 25.4. The van der Waals surface area contributed by atoms with E-state index in [1.54, 1.807) is 6.92 Å². The highest BCUT2D eigenvalue weighted by molar-refractivity contribution is 5.93. The van der Waals surface area contributed by atoms with Gasteiger partial charge in [-0.25, -0.2) is 4.79 Å². The molecule has 0 saturated heterocycles. The summed E-state index contributed by atoms with van der Waals surface area (Å²) in [5.41, 5.74) is 21.4. The van der Waals surface area contributed by atoms with Gasteiger partial charge in [0.05, 0.1) is 6.54 Å². The summed E-state index contributed by atoms with van der Waals surface area (Å²) in [5, 5.41) is 17.1. The van der Waals surface area contributed by atoms with Gasteiger partial charge in [-0.2, -0.15) is 0 Å². The van der Waals surface area contributed by atoms with Crippen molar-refractivity contribution in [2.45, 2.75) is 70.5 Å². The van der Waals surface area contributed by atoms with Crippen molar-refractivity contribution < 1.29 is 24.3 Å². The van der Waals surface area contributed by atoms with Crippen LogP contribution in [0.3, 0.4) is 0 Å². The first kappa shape index (κ1) is 30.1. The van der Waals surface area contributed by atoms with Gasteiger partial charge in [-0.1, -0.05) is 20.3 Å². The Bertz CT molecular complexity index is 669. The lowest BCUT2D eigenvalue weighted by molar-refractivity contribution is -0.143. The van der Waals surface area contributed by atoms with E-state index in [1.807, 2.05) is 6.92 Å². The predicted molar refractivity (Wildman–Crippen MR) is 125 cm³/mol. The second-order valence-corrected chi connectivity index (χ2v) is 7.83. The third-order valence-corrected chi connectivity index (χ3v) is 5.14. The highest BCUT2D eigenvalue weighted by Gasteiger charge is 2.31. The quantitative estimate of drug-likeness (QED) is 0.0644. The first-order chi connectivity index (χ1) is 15.6. The molecule has 4 unspecified atom stereocenters. The number of carbonyl (C=O) groups excluding carboxylic acids is 3. The summed E-state index contributed by atoms with van der Waals surface area (Å²) in [4.78, 5) is 53.0. The van der Waals surface area contributed by atoms with Gasteiger partial charge in [0, 0.05) is 6.54 Å². The van der Waals surface area contributed by atoms with Gasteiger partial charge in [0.1, 0.15) is 18.1 Å². The highest BCUT2D eigenvalue weighted by atomic mass is 16.4. The van der Waals surface area contributed by atoms with Gasteiger partial charge in [-0.05, 0) is 44.6 Å². The molecule has 0 spiro atoms. The molecule has 190 valence electrons. The second kappa shape index (κ2) is 16.7. The molecule has 0 bridgehead atoms. The molecule has 0 saturated carbocycles. The smallest absolute Gasteiger partial charge is 0.326 e. The van der Waals surface area contributed by atoms with Gasteiger partial charge in [0.15, 0.2) is 5.96 Å². The van der Waals surface area contributed by atoms with Gasteiger partial charge >= 0.3 is 5.97 Å². The number of hydrogen-bond acceptors (Lipinski definition) is 7. The number of nitrogens with zero attached hydrogens (tertiary/aromatic N) is 1. The number of aliphatic carboxylic acids is 1. The van der Waals surface area contributed by atoms with Crippen LogP contribution in [0.5, 0.6) is 0 Å². The number of guanidine groups is 1. The van der Waals surface area contributed by atoms with E-state index in [-0.39, 0.29) is 37.8 Å². The maximum Gasteiger partial charge on any atom is 0.326 e. The van der Waals surface area contributed by atoms with E-state index in [0.29, 0.717) is 32.2 Å². The van der Waals surface area contributed by atoms with E-state index in [4.69, 9.17) is 22.9 Å². The molecule has 0 aromatic heterocycles. The average molecular weight is 473 g/mol. The van der Waals surface area contributed by atoms with Crippen LogP contribution >= 0.6 is 0 Å². The zero-order valence-corrected chi connectivity index (χ0v) is 19.5. The van der Waals surface area contributed by atoms with Crippen molar-refractivity contribution in [2.75, 3.05) is 19.6 Å². The topological polar surface area (TPSA) is 241 Å². The minimum absolute atomic E-state index is 0.0880. The number of carbonyl (C=O) groups is 4. The molecule has 0 heterocycles. The fourth-order valence-electron chi connectivity index (χ4n) is 2.99. The third kappa shape index (κ3) is 12.6. The van der Waals surface area contributed by atoms with E-state index in [9.17, 15) is 24.3 Å². The third-order valence-electron chi connectivity index (χ3n) is 5.14. The van der Waals surface area contributed by atoms with Crippen LogP contribution in [0.15, 0.2) is 4.99 Å². The molecule has 0 aromatic rings. The number of unbranched alkanes of at least 4 members (excludes halogenated alkanes) is 1. The lowest BCUT2D eigenvalue weighted by atomic mass is 9.96. The molecule has 0 rings (SSSR count). The number of carboxylic acid groups (broad SMARTS) is 1. The number of aliphatic imine (C=N–C) groups is 1. The molecule has 13 heteroatoms. The van der Waals surface area contributed by atoms with Crippen LogP contribution in [0.25, 0.3) is 0 Å². The fraction of sp³-hybridized carbons (Fsp3) is 0.750. The van der Waals surface area contributed by atoms with Crippen molar-refractivity contribution in [2.24, 2.45) is 33.8 Å². The number of amides is 3. The molecule has 0 radical (unpaired) electrons. The van der Waals surface area contributed by atoms with Crippen LogP contribution in [0.4, 0.5) is 0 Å². The van der Waals surface area contributed by atoms with Crippen LogP contribution in [-0.2, 0) is 19.2 Å². The maximum atomic E-state index is 12.9. The molecule has 4 atom stereocenters. The molecule has 0 aliphatic heterocycles. The maximum absolute atomic E-state index is 12.9. The van der Waals surface area contributed by atoms with E-state index >= 15 is 0 Å². The number of carboxylic acids is 1. The normalized spacial score (nSPS) is 14.3. The zero-order valence-electron chi connectivity index (χ0n) is 19.5. The van der Waals surface area contributed by atoms with Crippen LogP contribution in [-0.4, -0.2) is 72.5 Å². The number of hydrogen-bond donors (Lipinski definition) is 8. The minimum atomic E-state index is -1.16. The van der Waals surface area contributed by atoms with Crippen molar-refractivity contribution >= 4 is 29.7 Å². The lowest BCUT2D eigenvalue weighted by Gasteiger charge is -2.27. The summed E-state index contributed by atoms with van der Waals surface area (Å²) in [6.07, 6.45) is 2.54. The van der Waals surface area contributed by atoms with Gasteiger partial charge in [0.25, 0.3) is 0 Å². The van der Waals surface area contributed by atoms with Gasteiger partial charge in [-0.15, -0.1) is 0 Å². The molecule has 13 nitrogen and oxygen atoms in total. The minimum Gasteiger partial charge on any atom is -0.480 e. The lowest BCUT2D eigenvalue weighted by Crippen LogP contribution is -2.58. The first-order valence-corrected chi connectivity index (χ1v) is 11.2. The average Bonchev–Trinajstić information content (AvgIpc) is 2.77. The monoisotopic (exact) mass is 472 g/mol. The number of nitrogens with two attached hydrogens (primary N) is 4. The molecule has 3 amide bonds. The standard InChI is InChI=1S/C20H40N8O5/c1-3-12(2)16(18(31)27-14(19(32)33)7-4-5-9-21)28-17(30)13(26-15(29)11-22)8-6-10-25-20(23)24/h12-14,16H,3-11,21-22H2,1-2H3,(H,26,29)(H,27,31)(H,28,30)(H,32,33)(H4,23,24,25). The second-order valence-electron chi connectivity index (χ2n) is 7.83. The molecular formula is C20H40N8O5. The van der Waals surface area contributed by atoms with E-state index < -0.39 is 41.8 Å². The molecule has 0 aromatic carbocycles. The Morgan fingerprint density at radius 3 is 2.06 bits per heavy atom. The Labute approximate surface area is 194 Å². The van der Waals surface area contributed by atoms with Crippen molar-refractivity contribution in [1.82, 2.24) is 16.0 Å². The number of nitrogens with one attached hydrogen (secondary N) is 3. The summed E-state index contributed by atoms with van der Waals surface area (Å²) in [7, 11) is 0. The Hall–Kier alpha value is -2.93. The van der Waals surface area contributed by atoms with Gasteiger partial charge < -0.3 is 44.0 Å². The molecule has 0 aliphatic carbocycles. The number of rotatable bonds is 17. The Morgan fingerprint density at radius 2 is 1.55 bits per heavy atom. The first-order valence-electron chi connectivity index (χ1n) is 11.2. The van der Waals surface area contributed by atoms with Crippen LogP contribution in [0.2, 0.25) is 0 Å². The molecule has 12 N–H and O–H groups in total. The Morgan fingerprint density at radius 1 is 0.909 bits per heavy atom. The molecule has 0 aliphatic rings. The van der Waals surface area contributed by atoms with Crippen LogP contribution < -0.4 is 38.9 Å². The molecule has 33 heavy (non-hydrogen) atoms. The summed E-state index contributed by atoms with van der Waals surface area (Å²) in [5.74, 6) is -3.27. The van der Waals surface area contributed by atoms with Crippen LogP contribution in [0, 0.1) is 5.92 Å². The van der Waals surface area contributed by atoms with Crippen molar-refractivity contribution in [3.63, 3.8) is 0 Å². The van der Waals surface area contributed by atoms with Crippen molar-refractivity contribution in [3.8, 4) is 0 Å². The van der Waals surface area contributed by atoms with E-state index in [1.165, 1.54) is 0 Å². The predicted octanol–water partition coefficient (Wildman–Crippen LogP) is -2.29. The van der Waals surface area contributed by atoms with Crippen LogP contribution in [0.1, 0.15) is 52.4 Å². The van der Waals surface area contributed by atoms with E-state index in [2.05, 4.69) is 20.9 Å². The molecule has 0 fully saturated rings. The van der Waals surface area contributed by atoms with Gasteiger partial charge in [-0.3, -0.25) is 19.4 Å².